The van der Waals surface area contributed by atoms with Gasteiger partial charge < -0.3 is 19.7 Å². The van der Waals surface area contributed by atoms with Gasteiger partial charge in [-0.2, -0.15) is 0 Å². The van der Waals surface area contributed by atoms with Gasteiger partial charge in [-0.1, -0.05) is 11.6 Å². The minimum atomic E-state index is -0.953. The van der Waals surface area contributed by atoms with Crippen LogP contribution in [0.2, 0.25) is 0 Å². The maximum Gasteiger partial charge on any atom is 0.124 e. The van der Waals surface area contributed by atoms with Crippen molar-refractivity contribution in [2.24, 2.45) is 11.8 Å². The lowest BCUT2D eigenvalue weighted by Gasteiger charge is -2.46. The fourth-order valence-electron chi connectivity index (χ4n) is 5.96. The Balaban J connectivity index is 1.48. The van der Waals surface area contributed by atoms with Gasteiger partial charge >= 0.3 is 0 Å². The van der Waals surface area contributed by atoms with Crippen LogP contribution in [0.15, 0.2) is 11.6 Å². The van der Waals surface area contributed by atoms with Crippen molar-refractivity contribution in [3.05, 3.63) is 11.6 Å². The molecule has 4 aliphatic rings. The van der Waals surface area contributed by atoms with Crippen LogP contribution < -0.4 is 21.3 Å². The predicted octanol–water partition coefficient (Wildman–Crippen LogP) is 0.785. The second-order valence-corrected chi connectivity index (χ2v) is 9.53. The van der Waals surface area contributed by atoms with Crippen molar-refractivity contribution in [1.82, 2.24) is 26.2 Å². The number of hydrogen-bond donors (Lipinski definition) is 4. The van der Waals surface area contributed by atoms with Crippen LogP contribution in [0.1, 0.15) is 32.6 Å². The molecule has 1 aliphatic carbocycles. The molecule has 2 saturated heterocycles. The third-order valence-electron chi connectivity index (χ3n) is 7.56. The normalized spacial score (nSPS) is 45.6. The molecule has 4 N–H and O–H groups in total. The number of likely N-dealkylation sites (N-methyl/N-ethyl adjacent to an activating group) is 2. The maximum absolute atomic E-state index is 16.0. The van der Waals surface area contributed by atoms with Crippen molar-refractivity contribution in [2.75, 3.05) is 40.9 Å². The van der Waals surface area contributed by atoms with Crippen LogP contribution in [0, 0.1) is 11.8 Å². The van der Waals surface area contributed by atoms with Crippen LogP contribution in [0.4, 0.5) is 4.39 Å². The number of nitrogens with zero attached hydrogens (tertiary/aromatic N) is 1. The molecular formula is C22H40FN5O2. The Morgan fingerprint density at radius 1 is 1.33 bits per heavy atom. The summed E-state index contributed by atoms with van der Waals surface area (Å²) in [7, 11) is 5.78. The fourth-order valence-corrected chi connectivity index (χ4v) is 5.96. The molecule has 0 spiro atoms. The summed E-state index contributed by atoms with van der Waals surface area (Å²) < 4.78 is 27.8. The topological polar surface area (TPSA) is 69.8 Å². The summed E-state index contributed by atoms with van der Waals surface area (Å²) in [6, 6.07) is -0.0556. The third-order valence-corrected chi connectivity index (χ3v) is 7.56. The highest BCUT2D eigenvalue weighted by atomic mass is 19.1. The monoisotopic (exact) mass is 425 g/mol. The highest BCUT2D eigenvalue weighted by Crippen LogP contribution is 2.44. The Bertz CT molecular complexity index is 608. The zero-order valence-corrected chi connectivity index (χ0v) is 18.9. The van der Waals surface area contributed by atoms with Crippen LogP contribution in [0.3, 0.4) is 0 Å². The average Bonchev–Trinajstić information content (AvgIpc) is 3.08. The van der Waals surface area contributed by atoms with E-state index in [9.17, 15) is 0 Å². The van der Waals surface area contributed by atoms with Gasteiger partial charge in [0.2, 0.25) is 0 Å². The van der Waals surface area contributed by atoms with Crippen molar-refractivity contribution in [3.8, 4) is 0 Å². The molecule has 30 heavy (non-hydrogen) atoms. The highest BCUT2D eigenvalue weighted by molar-refractivity contribution is 5.18. The average molecular weight is 426 g/mol. The molecule has 3 fully saturated rings. The number of rotatable bonds is 5. The Morgan fingerprint density at radius 3 is 2.93 bits per heavy atom. The van der Waals surface area contributed by atoms with Crippen LogP contribution in [0.25, 0.3) is 0 Å². The summed E-state index contributed by atoms with van der Waals surface area (Å²) in [6.45, 7) is 4.84. The lowest BCUT2D eigenvalue weighted by molar-refractivity contribution is -0.0371. The highest BCUT2D eigenvalue weighted by Gasteiger charge is 2.50. The van der Waals surface area contributed by atoms with Crippen LogP contribution in [-0.2, 0) is 9.47 Å². The summed E-state index contributed by atoms with van der Waals surface area (Å²) >= 11 is 0. The minimum Gasteiger partial charge on any atom is -0.377 e. The van der Waals surface area contributed by atoms with E-state index >= 15 is 4.39 Å². The van der Waals surface area contributed by atoms with E-state index in [0.29, 0.717) is 5.92 Å². The van der Waals surface area contributed by atoms with Gasteiger partial charge in [-0.25, -0.2) is 4.39 Å². The molecule has 3 aliphatic heterocycles. The van der Waals surface area contributed by atoms with Gasteiger partial charge in [-0.3, -0.25) is 16.0 Å². The van der Waals surface area contributed by atoms with Gasteiger partial charge in [0, 0.05) is 38.3 Å². The van der Waals surface area contributed by atoms with Crippen molar-refractivity contribution in [2.45, 2.75) is 75.5 Å². The molecule has 8 heteroatoms. The number of hydrogen-bond acceptors (Lipinski definition) is 7. The molecule has 172 valence electrons. The van der Waals surface area contributed by atoms with Crippen LogP contribution in [-0.4, -0.2) is 88.7 Å². The number of methoxy groups -OCH3 is 1. The van der Waals surface area contributed by atoms with Crippen LogP contribution in [0.5, 0.6) is 0 Å². The molecule has 4 rings (SSSR count). The molecule has 0 aromatic carbocycles. The van der Waals surface area contributed by atoms with E-state index in [4.69, 9.17) is 9.47 Å². The van der Waals surface area contributed by atoms with Crippen molar-refractivity contribution in [1.29, 1.82) is 0 Å². The first kappa shape index (κ1) is 22.6. The van der Waals surface area contributed by atoms with E-state index in [1.807, 2.05) is 7.05 Å². The standard InChI is InChI=1S/C22H40FN5O2/c1-13-19(29-4)21(24-2)27-22(25-13)26-16-12-15-8-11-30-20(15)17(18(16)23)14-6-5-9-28(3)10-7-14/h7,13,15-22,24-27H,5-6,8-12H2,1-4H3. The molecular weight excluding hydrogens is 385 g/mol. The number of alkyl halides is 1. The summed E-state index contributed by atoms with van der Waals surface area (Å²) in [6.07, 6.45) is 5.11. The molecule has 0 aromatic heterocycles. The predicted molar refractivity (Wildman–Crippen MR) is 116 cm³/mol. The zero-order valence-electron chi connectivity index (χ0n) is 18.9. The van der Waals surface area contributed by atoms with Crippen molar-refractivity contribution in [3.63, 3.8) is 0 Å². The second kappa shape index (κ2) is 9.90. The molecule has 9 unspecified atom stereocenters. The van der Waals surface area contributed by atoms with E-state index in [1.165, 1.54) is 5.57 Å². The number of fused-ring (bicyclic) bond motifs is 1. The van der Waals surface area contributed by atoms with Gasteiger partial charge in [0.25, 0.3) is 0 Å². The quantitative estimate of drug-likeness (QED) is 0.486. The summed E-state index contributed by atoms with van der Waals surface area (Å²) in [5.41, 5.74) is 1.26. The molecule has 9 atom stereocenters. The number of halogens is 1. The van der Waals surface area contributed by atoms with E-state index in [2.05, 4.69) is 46.2 Å². The first-order valence-electron chi connectivity index (χ1n) is 11.6. The Kier molecular flexibility index (Phi) is 7.45. The van der Waals surface area contributed by atoms with Crippen molar-refractivity contribution < 1.29 is 13.9 Å². The van der Waals surface area contributed by atoms with Gasteiger partial charge in [-0.15, -0.1) is 0 Å². The summed E-state index contributed by atoms with van der Waals surface area (Å²) in [5.74, 6) is 0.289. The number of ether oxygens (including phenoxy) is 2. The number of nitrogens with one attached hydrogen (secondary N) is 4. The molecule has 0 amide bonds. The largest absolute Gasteiger partial charge is 0.377 e. The lowest BCUT2D eigenvalue weighted by Crippen LogP contribution is -2.74. The Morgan fingerprint density at radius 2 is 2.17 bits per heavy atom. The zero-order chi connectivity index (χ0) is 21.3. The second-order valence-electron chi connectivity index (χ2n) is 9.53. The minimum absolute atomic E-state index is 0.00358. The first-order chi connectivity index (χ1) is 14.5. The molecule has 1 saturated carbocycles. The maximum atomic E-state index is 16.0. The van der Waals surface area contributed by atoms with E-state index in [0.717, 1.165) is 45.4 Å². The first-order valence-corrected chi connectivity index (χ1v) is 11.6. The molecule has 3 heterocycles. The molecule has 0 bridgehead atoms. The van der Waals surface area contributed by atoms with Gasteiger partial charge in [0.1, 0.15) is 18.6 Å². The van der Waals surface area contributed by atoms with E-state index < -0.39 is 6.17 Å². The SMILES string of the molecule is CNC1NC(NC2CC3CCOC3C(C3=CCN(C)CCC3)C2F)NC(C)C1OC. The van der Waals surface area contributed by atoms with E-state index in [1.54, 1.807) is 7.11 Å². The molecule has 0 radical (unpaired) electrons. The Hall–Kier alpha value is -0.610. The lowest BCUT2D eigenvalue weighted by atomic mass is 9.71. The fraction of sp³-hybridized carbons (Fsp3) is 0.909. The summed E-state index contributed by atoms with van der Waals surface area (Å²) in [5, 5.41) is 13.9. The van der Waals surface area contributed by atoms with Crippen molar-refractivity contribution >= 4 is 0 Å². The van der Waals surface area contributed by atoms with Crippen LogP contribution >= 0.6 is 0 Å². The van der Waals surface area contributed by atoms with Gasteiger partial charge in [0.15, 0.2) is 0 Å². The smallest absolute Gasteiger partial charge is 0.124 e. The van der Waals surface area contributed by atoms with Gasteiger partial charge in [-0.05, 0) is 59.2 Å². The summed E-state index contributed by atoms with van der Waals surface area (Å²) in [4.78, 5) is 2.31. The molecule has 7 nitrogen and oxygen atoms in total. The van der Waals surface area contributed by atoms with Gasteiger partial charge in [0.05, 0.1) is 12.3 Å². The Labute approximate surface area is 180 Å². The third kappa shape index (κ3) is 4.60. The molecule has 0 aromatic rings. The van der Waals surface area contributed by atoms with E-state index in [-0.39, 0.29) is 42.7 Å².